The molecule has 2 fully saturated rings. The van der Waals surface area contributed by atoms with Crippen molar-refractivity contribution < 1.29 is 9.53 Å². The van der Waals surface area contributed by atoms with Crippen molar-refractivity contribution in [3.05, 3.63) is 29.8 Å². The first kappa shape index (κ1) is 14.4. The van der Waals surface area contributed by atoms with Gasteiger partial charge < -0.3 is 15.8 Å². The lowest BCUT2D eigenvalue weighted by Crippen LogP contribution is -2.51. The molecule has 114 valence electrons. The number of nitrogens with one attached hydrogen (secondary N) is 1. The van der Waals surface area contributed by atoms with Crippen LogP contribution in [-0.4, -0.2) is 19.6 Å². The summed E-state index contributed by atoms with van der Waals surface area (Å²) in [4.78, 5) is 12.6. The van der Waals surface area contributed by atoms with Crippen molar-refractivity contribution in [3.8, 4) is 5.75 Å². The zero-order valence-corrected chi connectivity index (χ0v) is 12.6. The van der Waals surface area contributed by atoms with E-state index in [9.17, 15) is 4.79 Å². The van der Waals surface area contributed by atoms with E-state index in [1.54, 1.807) is 7.11 Å². The molecule has 21 heavy (non-hydrogen) atoms. The summed E-state index contributed by atoms with van der Waals surface area (Å²) in [6, 6.07) is 8.14. The number of benzene rings is 1. The second kappa shape index (κ2) is 5.68. The molecule has 0 radical (unpaired) electrons. The highest BCUT2D eigenvalue weighted by Crippen LogP contribution is 2.44. The molecule has 4 heteroatoms. The molecule has 3 N–H and O–H groups in total. The van der Waals surface area contributed by atoms with Crippen molar-refractivity contribution in [1.82, 2.24) is 5.32 Å². The molecule has 3 rings (SSSR count). The topological polar surface area (TPSA) is 64.3 Å². The van der Waals surface area contributed by atoms with Gasteiger partial charge in [0.2, 0.25) is 5.91 Å². The molecule has 1 unspecified atom stereocenters. The molecule has 1 amide bonds. The molecule has 4 nitrogen and oxygen atoms in total. The van der Waals surface area contributed by atoms with Crippen LogP contribution in [0.5, 0.6) is 5.75 Å². The van der Waals surface area contributed by atoms with E-state index in [0.717, 1.165) is 30.6 Å². The van der Waals surface area contributed by atoms with Crippen molar-refractivity contribution in [1.29, 1.82) is 0 Å². The van der Waals surface area contributed by atoms with Gasteiger partial charge in [0.25, 0.3) is 0 Å². The van der Waals surface area contributed by atoms with Gasteiger partial charge >= 0.3 is 0 Å². The van der Waals surface area contributed by atoms with Gasteiger partial charge in [0, 0.05) is 6.54 Å². The van der Waals surface area contributed by atoms with Gasteiger partial charge in [-0.15, -0.1) is 0 Å². The molecular weight excluding hydrogens is 264 g/mol. The Bertz CT molecular complexity index is 499. The third kappa shape index (κ3) is 2.77. The van der Waals surface area contributed by atoms with Crippen LogP contribution in [0, 0.1) is 11.3 Å². The number of amides is 1. The standard InChI is InChI=1S/C17H24N2O2/c1-21-14-7-5-13(6-8-14)15(12-3-4-12)19-16(20)17(11-18)9-2-10-17/h5-8,12,15H,2-4,9-11,18H2,1H3,(H,19,20). The van der Waals surface area contributed by atoms with Gasteiger partial charge in [-0.25, -0.2) is 0 Å². The van der Waals surface area contributed by atoms with Crippen LogP contribution >= 0.6 is 0 Å². The Labute approximate surface area is 126 Å². The number of rotatable bonds is 6. The summed E-state index contributed by atoms with van der Waals surface area (Å²) in [5, 5.41) is 3.27. The number of hydrogen-bond acceptors (Lipinski definition) is 3. The lowest BCUT2D eigenvalue weighted by molar-refractivity contribution is -0.136. The first-order valence-electron chi connectivity index (χ1n) is 7.83. The zero-order valence-electron chi connectivity index (χ0n) is 12.6. The second-order valence-corrected chi connectivity index (χ2v) is 6.40. The van der Waals surface area contributed by atoms with Gasteiger partial charge in [0.15, 0.2) is 0 Å². The Morgan fingerprint density at radius 1 is 1.38 bits per heavy atom. The van der Waals surface area contributed by atoms with Crippen molar-refractivity contribution >= 4 is 5.91 Å². The summed E-state index contributed by atoms with van der Waals surface area (Å²) in [5.74, 6) is 1.55. The summed E-state index contributed by atoms with van der Waals surface area (Å²) >= 11 is 0. The number of carbonyl (C=O) groups is 1. The van der Waals surface area contributed by atoms with E-state index in [1.807, 2.05) is 12.1 Å². The van der Waals surface area contributed by atoms with Gasteiger partial charge in [0.1, 0.15) is 5.75 Å². The number of ether oxygens (including phenoxy) is 1. The highest BCUT2D eigenvalue weighted by atomic mass is 16.5. The van der Waals surface area contributed by atoms with E-state index in [4.69, 9.17) is 10.5 Å². The molecule has 1 aromatic carbocycles. The molecule has 0 heterocycles. The van der Waals surface area contributed by atoms with Crippen molar-refractivity contribution in [3.63, 3.8) is 0 Å². The second-order valence-electron chi connectivity index (χ2n) is 6.40. The van der Waals surface area contributed by atoms with Crippen molar-refractivity contribution in [2.75, 3.05) is 13.7 Å². The Morgan fingerprint density at radius 2 is 2.05 bits per heavy atom. The Kier molecular flexibility index (Phi) is 3.89. The van der Waals surface area contributed by atoms with E-state index < -0.39 is 0 Å². The van der Waals surface area contributed by atoms with Crippen LogP contribution in [0.25, 0.3) is 0 Å². The maximum Gasteiger partial charge on any atom is 0.227 e. The molecule has 0 aliphatic heterocycles. The van der Waals surface area contributed by atoms with Gasteiger partial charge in [-0.2, -0.15) is 0 Å². The van der Waals surface area contributed by atoms with Crippen LogP contribution in [0.3, 0.4) is 0 Å². The van der Waals surface area contributed by atoms with Crippen LogP contribution in [0.1, 0.15) is 43.7 Å². The van der Waals surface area contributed by atoms with Crippen LogP contribution in [-0.2, 0) is 4.79 Å². The average molecular weight is 288 g/mol. The molecule has 0 spiro atoms. The number of nitrogens with two attached hydrogens (primary N) is 1. The van der Waals surface area contributed by atoms with Gasteiger partial charge in [-0.05, 0) is 49.3 Å². The summed E-state index contributed by atoms with van der Waals surface area (Å²) in [7, 11) is 1.66. The highest BCUT2D eigenvalue weighted by Gasteiger charge is 2.45. The summed E-state index contributed by atoms with van der Waals surface area (Å²) in [5.41, 5.74) is 6.70. The molecule has 2 aliphatic carbocycles. The van der Waals surface area contributed by atoms with Gasteiger partial charge in [-0.3, -0.25) is 4.79 Å². The monoisotopic (exact) mass is 288 g/mol. The quantitative estimate of drug-likeness (QED) is 0.845. The molecule has 1 aromatic rings. The Morgan fingerprint density at radius 3 is 2.48 bits per heavy atom. The van der Waals surface area contributed by atoms with Crippen LogP contribution in [0.4, 0.5) is 0 Å². The smallest absolute Gasteiger partial charge is 0.227 e. The third-order valence-electron chi connectivity index (χ3n) is 5.04. The lowest BCUT2D eigenvalue weighted by atomic mass is 9.68. The van der Waals surface area contributed by atoms with E-state index in [0.29, 0.717) is 12.5 Å². The minimum absolute atomic E-state index is 0.118. The van der Waals surface area contributed by atoms with Crippen molar-refractivity contribution in [2.24, 2.45) is 17.1 Å². The van der Waals surface area contributed by atoms with Crippen LogP contribution in [0.2, 0.25) is 0 Å². The number of hydrogen-bond donors (Lipinski definition) is 2. The van der Waals surface area contributed by atoms with E-state index in [-0.39, 0.29) is 17.4 Å². The maximum absolute atomic E-state index is 12.6. The summed E-state index contributed by atoms with van der Waals surface area (Å²) in [6.07, 6.45) is 5.34. The SMILES string of the molecule is COc1ccc(C(NC(=O)C2(CN)CCC2)C2CC2)cc1. The lowest BCUT2D eigenvalue weighted by Gasteiger charge is -2.40. The highest BCUT2D eigenvalue weighted by molar-refractivity contribution is 5.84. The normalized spacial score (nSPS) is 21.2. The fraction of sp³-hybridized carbons (Fsp3) is 0.588. The fourth-order valence-electron chi connectivity index (χ4n) is 3.14. The van der Waals surface area contributed by atoms with Crippen LogP contribution in [0.15, 0.2) is 24.3 Å². The molecular formula is C17H24N2O2. The number of carbonyl (C=O) groups excluding carboxylic acids is 1. The van der Waals surface area contributed by atoms with Gasteiger partial charge in [-0.1, -0.05) is 18.6 Å². The fourth-order valence-corrected chi connectivity index (χ4v) is 3.14. The van der Waals surface area contributed by atoms with Crippen LogP contribution < -0.4 is 15.8 Å². The largest absolute Gasteiger partial charge is 0.497 e. The predicted octanol–water partition coefficient (Wildman–Crippen LogP) is 2.39. The summed E-state index contributed by atoms with van der Waals surface area (Å²) < 4.78 is 5.20. The predicted molar refractivity (Wildman–Crippen MR) is 81.9 cm³/mol. The number of methoxy groups -OCH3 is 1. The first-order chi connectivity index (χ1) is 10.2. The van der Waals surface area contributed by atoms with E-state index >= 15 is 0 Å². The molecule has 0 saturated heterocycles. The Hall–Kier alpha value is -1.55. The Balaban J connectivity index is 1.74. The third-order valence-corrected chi connectivity index (χ3v) is 5.04. The minimum atomic E-state index is -0.306. The minimum Gasteiger partial charge on any atom is -0.497 e. The van der Waals surface area contributed by atoms with Gasteiger partial charge in [0.05, 0.1) is 18.6 Å². The maximum atomic E-state index is 12.6. The summed E-state index contributed by atoms with van der Waals surface area (Å²) in [6.45, 7) is 0.457. The molecule has 0 bridgehead atoms. The molecule has 0 aromatic heterocycles. The van der Waals surface area contributed by atoms with E-state index in [2.05, 4.69) is 17.4 Å². The van der Waals surface area contributed by atoms with Crippen molar-refractivity contribution in [2.45, 2.75) is 38.1 Å². The molecule has 1 atom stereocenters. The first-order valence-corrected chi connectivity index (χ1v) is 7.83. The zero-order chi connectivity index (χ0) is 14.9. The molecule has 2 aliphatic rings. The van der Waals surface area contributed by atoms with E-state index in [1.165, 1.54) is 12.8 Å². The molecule has 2 saturated carbocycles. The average Bonchev–Trinajstić information content (AvgIpc) is 3.29.